The van der Waals surface area contributed by atoms with E-state index in [0.717, 1.165) is 17.7 Å². The number of para-hydroxylation sites is 1. The highest BCUT2D eigenvalue weighted by atomic mass is 35.5. The Morgan fingerprint density at radius 3 is 2.95 bits per heavy atom. The minimum Gasteiger partial charge on any atom is -0.493 e. The summed E-state index contributed by atoms with van der Waals surface area (Å²) in [5.41, 5.74) is 1.76. The molecule has 1 aliphatic rings. The van der Waals surface area contributed by atoms with Crippen molar-refractivity contribution in [2.45, 2.75) is 19.0 Å². The lowest BCUT2D eigenvalue weighted by molar-refractivity contribution is 0.252. The van der Waals surface area contributed by atoms with Gasteiger partial charge in [0.05, 0.1) is 6.61 Å². The van der Waals surface area contributed by atoms with Crippen LogP contribution in [0.2, 0.25) is 5.02 Å². The number of halogens is 2. The van der Waals surface area contributed by atoms with Crippen LogP contribution in [0.15, 0.2) is 42.5 Å². The Morgan fingerprint density at radius 2 is 2.10 bits per heavy atom. The van der Waals surface area contributed by atoms with Gasteiger partial charge in [0.2, 0.25) is 0 Å². The van der Waals surface area contributed by atoms with Crippen LogP contribution in [0.25, 0.3) is 0 Å². The van der Waals surface area contributed by atoms with Crippen molar-refractivity contribution >= 4 is 11.6 Å². The molecule has 1 heterocycles. The van der Waals surface area contributed by atoms with E-state index in [9.17, 15) is 4.39 Å². The van der Waals surface area contributed by atoms with Gasteiger partial charge in [0.25, 0.3) is 0 Å². The summed E-state index contributed by atoms with van der Waals surface area (Å²) < 4.78 is 19.4. The van der Waals surface area contributed by atoms with Gasteiger partial charge in [0, 0.05) is 35.2 Å². The van der Waals surface area contributed by atoms with Crippen molar-refractivity contribution in [3.63, 3.8) is 0 Å². The van der Waals surface area contributed by atoms with Gasteiger partial charge in [-0.15, -0.1) is 0 Å². The predicted octanol–water partition coefficient (Wildman–Crippen LogP) is 4.09. The first kappa shape index (κ1) is 13.4. The van der Waals surface area contributed by atoms with Crippen LogP contribution in [0.1, 0.15) is 23.6 Å². The Hall–Kier alpha value is -1.58. The first-order valence-electron chi connectivity index (χ1n) is 6.63. The molecule has 0 fully saturated rings. The van der Waals surface area contributed by atoms with E-state index >= 15 is 0 Å². The van der Waals surface area contributed by atoms with Crippen molar-refractivity contribution in [3.05, 3.63) is 64.4 Å². The van der Waals surface area contributed by atoms with Crippen LogP contribution in [0.3, 0.4) is 0 Å². The molecule has 2 aromatic carbocycles. The summed E-state index contributed by atoms with van der Waals surface area (Å²) in [5.74, 6) is 0.637. The highest BCUT2D eigenvalue weighted by molar-refractivity contribution is 6.30. The van der Waals surface area contributed by atoms with Gasteiger partial charge in [0.1, 0.15) is 11.6 Å². The summed E-state index contributed by atoms with van der Waals surface area (Å²) >= 11 is 5.76. The second-order valence-electron chi connectivity index (χ2n) is 4.84. The molecule has 1 N–H and O–H groups in total. The summed E-state index contributed by atoms with van der Waals surface area (Å²) in [4.78, 5) is 0. The molecular weight excluding hydrogens is 277 g/mol. The van der Waals surface area contributed by atoms with Crippen LogP contribution in [-0.2, 0) is 6.54 Å². The van der Waals surface area contributed by atoms with E-state index in [2.05, 4.69) is 5.32 Å². The van der Waals surface area contributed by atoms with Gasteiger partial charge in [-0.1, -0.05) is 35.9 Å². The number of benzene rings is 2. The average molecular weight is 292 g/mol. The zero-order valence-corrected chi connectivity index (χ0v) is 11.7. The van der Waals surface area contributed by atoms with Crippen LogP contribution in [-0.4, -0.2) is 6.61 Å². The van der Waals surface area contributed by atoms with Crippen molar-refractivity contribution in [1.29, 1.82) is 0 Å². The van der Waals surface area contributed by atoms with Crippen LogP contribution in [0.4, 0.5) is 4.39 Å². The lowest BCUT2D eigenvalue weighted by atomic mass is 10.0. The van der Waals surface area contributed by atoms with Crippen LogP contribution < -0.4 is 10.1 Å². The van der Waals surface area contributed by atoms with Gasteiger partial charge in [-0.05, 0) is 18.2 Å². The van der Waals surface area contributed by atoms with E-state index in [-0.39, 0.29) is 11.9 Å². The van der Waals surface area contributed by atoms with Crippen LogP contribution >= 0.6 is 11.6 Å². The van der Waals surface area contributed by atoms with Gasteiger partial charge in [-0.2, -0.15) is 0 Å². The minimum absolute atomic E-state index is 0.190. The van der Waals surface area contributed by atoms with Gasteiger partial charge >= 0.3 is 0 Å². The Labute approximate surface area is 122 Å². The van der Waals surface area contributed by atoms with Crippen molar-refractivity contribution in [3.8, 4) is 5.75 Å². The zero-order valence-electron chi connectivity index (χ0n) is 10.9. The molecule has 0 spiro atoms. The summed E-state index contributed by atoms with van der Waals surface area (Å²) in [6, 6.07) is 12.9. The van der Waals surface area contributed by atoms with Gasteiger partial charge in [-0.25, -0.2) is 4.39 Å². The maximum absolute atomic E-state index is 13.8. The monoisotopic (exact) mass is 291 g/mol. The molecule has 1 unspecified atom stereocenters. The molecule has 0 amide bonds. The maximum Gasteiger partial charge on any atom is 0.129 e. The SMILES string of the molecule is Fc1cc(Cl)ccc1CNC1CCOc2ccccc21. The van der Waals surface area contributed by atoms with Crippen molar-refractivity contribution < 1.29 is 9.13 Å². The number of ether oxygens (including phenoxy) is 1. The molecule has 0 saturated heterocycles. The Bertz CT molecular complexity index is 617. The van der Waals surface area contributed by atoms with Gasteiger partial charge in [-0.3, -0.25) is 0 Å². The Kier molecular flexibility index (Phi) is 3.90. The fourth-order valence-corrected chi connectivity index (χ4v) is 2.61. The second-order valence-corrected chi connectivity index (χ2v) is 5.28. The molecule has 2 aromatic rings. The summed E-state index contributed by atoms with van der Waals surface area (Å²) in [6.45, 7) is 1.15. The fraction of sp³-hybridized carbons (Fsp3) is 0.250. The summed E-state index contributed by atoms with van der Waals surface area (Å²) in [5, 5.41) is 3.81. The zero-order chi connectivity index (χ0) is 13.9. The van der Waals surface area contributed by atoms with Gasteiger partial charge in [0.15, 0.2) is 0 Å². The van der Waals surface area contributed by atoms with Crippen molar-refractivity contribution in [2.75, 3.05) is 6.61 Å². The third-order valence-corrected chi connectivity index (χ3v) is 3.75. The fourth-order valence-electron chi connectivity index (χ4n) is 2.45. The largest absolute Gasteiger partial charge is 0.493 e. The second kappa shape index (κ2) is 5.81. The summed E-state index contributed by atoms with van der Waals surface area (Å²) in [7, 11) is 0. The topological polar surface area (TPSA) is 21.3 Å². The van der Waals surface area contributed by atoms with Crippen molar-refractivity contribution in [1.82, 2.24) is 5.32 Å². The highest BCUT2D eigenvalue weighted by Crippen LogP contribution is 2.31. The molecule has 4 heteroatoms. The Balaban J connectivity index is 1.73. The van der Waals surface area contributed by atoms with Gasteiger partial charge < -0.3 is 10.1 Å². The van der Waals surface area contributed by atoms with Crippen LogP contribution in [0, 0.1) is 5.82 Å². The van der Waals surface area contributed by atoms with Crippen molar-refractivity contribution in [2.24, 2.45) is 0 Å². The highest BCUT2D eigenvalue weighted by Gasteiger charge is 2.20. The van der Waals surface area contributed by atoms with E-state index in [1.807, 2.05) is 24.3 Å². The van der Waals surface area contributed by atoms with E-state index in [4.69, 9.17) is 16.3 Å². The average Bonchev–Trinajstić information content (AvgIpc) is 2.46. The molecule has 0 aliphatic carbocycles. The number of nitrogens with one attached hydrogen (secondary N) is 1. The number of hydrogen-bond donors (Lipinski definition) is 1. The number of fused-ring (bicyclic) bond motifs is 1. The molecule has 0 bridgehead atoms. The first-order chi connectivity index (χ1) is 9.74. The summed E-state index contributed by atoms with van der Waals surface area (Å²) in [6.07, 6.45) is 0.881. The quantitative estimate of drug-likeness (QED) is 0.919. The first-order valence-corrected chi connectivity index (χ1v) is 7.01. The number of rotatable bonds is 3. The molecule has 2 nitrogen and oxygen atoms in total. The third-order valence-electron chi connectivity index (χ3n) is 3.51. The lowest BCUT2D eigenvalue weighted by Gasteiger charge is -2.26. The molecule has 1 aliphatic heterocycles. The minimum atomic E-state index is -0.273. The molecular formula is C16H15ClFNO. The Morgan fingerprint density at radius 1 is 1.25 bits per heavy atom. The van der Waals surface area contributed by atoms with E-state index in [0.29, 0.717) is 23.7 Å². The standard InChI is InChI=1S/C16H15ClFNO/c17-12-6-5-11(14(18)9-12)10-19-15-7-8-20-16-4-2-1-3-13(15)16/h1-6,9,15,19H,7-8,10H2. The molecule has 3 rings (SSSR count). The molecule has 1 atom stereocenters. The molecule has 0 saturated carbocycles. The number of hydrogen-bond acceptors (Lipinski definition) is 2. The maximum atomic E-state index is 13.8. The molecule has 20 heavy (non-hydrogen) atoms. The lowest BCUT2D eigenvalue weighted by Crippen LogP contribution is -2.27. The molecule has 104 valence electrons. The van der Waals surface area contributed by atoms with E-state index < -0.39 is 0 Å². The van der Waals surface area contributed by atoms with E-state index in [1.54, 1.807) is 12.1 Å². The smallest absolute Gasteiger partial charge is 0.129 e. The predicted molar refractivity (Wildman–Crippen MR) is 77.5 cm³/mol. The van der Waals surface area contributed by atoms with Crippen LogP contribution in [0.5, 0.6) is 5.75 Å². The normalized spacial score (nSPS) is 17.4. The molecule has 0 radical (unpaired) electrons. The molecule has 0 aromatic heterocycles. The third kappa shape index (κ3) is 2.79. The van der Waals surface area contributed by atoms with E-state index in [1.165, 1.54) is 6.07 Å².